The maximum atomic E-state index is 11.8. The van der Waals surface area contributed by atoms with E-state index in [1.165, 1.54) is 18.9 Å². The quantitative estimate of drug-likeness (QED) is 0.675. The molecule has 1 N–H and O–H groups in total. The number of rotatable bonds is 5. The molecule has 0 spiro atoms. The molecule has 1 aromatic carbocycles. The molecule has 1 heterocycles. The van der Waals surface area contributed by atoms with Crippen LogP contribution in [0.1, 0.15) is 10.4 Å². The fourth-order valence-electron chi connectivity index (χ4n) is 1.63. The second-order valence-electron chi connectivity index (χ2n) is 4.23. The molecule has 0 saturated carbocycles. The van der Waals surface area contributed by atoms with Gasteiger partial charge in [0.15, 0.2) is 5.16 Å². The Bertz CT molecular complexity index is 637. The first kappa shape index (κ1) is 15.1. The third-order valence-corrected chi connectivity index (χ3v) is 3.76. The Morgan fingerprint density at radius 2 is 2.05 bits per heavy atom. The minimum atomic E-state index is -0.404. The van der Waals surface area contributed by atoms with Gasteiger partial charge in [0.2, 0.25) is 5.91 Å². The maximum Gasteiger partial charge on any atom is 0.337 e. The second-order valence-corrected chi connectivity index (χ2v) is 5.17. The lowest BCUT2D eigenvalue weighted by atomic mass is 10.2. The number of hydrogen-bond donors (Lipinski definition) is 1. The van der Waals surface area contributed by atoms with Gasteiger partial charge in [-0.15, -0.1) is 0 Å². The zero-order valence-corrected chi connectivity index (χ0v) is 12.5. The van der Waals surface area contributed by atoms with E-state index in [2.05, 4.69) is 15.0 Å². The number of benzene rings is 1. The summed E-state index contributed by atoms with van der Waals surface area (Å²) in [5, 5.41) is 3.54. The molecule has 0 aliphatic heterocycles. The Balaban J connectivity index is 1.88. The molecule has 0 fully saturated rings. The summed E-state index contributed by atoms with van der Waals surface area (Å²) in [5.74, 6) is -0.268. The van der Waals surface area contributed by atoms with Crippen molar-refractivity contribution < 1.29 is 14.3 Å². The second kappa shape index (κ2) is 6.94. The molecule has 0 radical (unpaired) electrons. The highest BCUT2D eigenvalue weighted by Gasteiger charge is 2.08. The predicted octanol–water partition coefficient (Wildman–Crippen LogP) is 1.94. The third kappa shape index (κ3) is 4.09. The van der Waals surface area contributed by atoms with Gasteiger partial charge in [0, 0.05) is 25.1 Å². The van der Waals surface area contributed by atoms with Crippen LogP contribution in [0, 0.1) is 0 Å². The van der Waals surface area contributed by atoms with Gasteiger partial charge in [0.25, 0.3) is 0 Å². The fourth-order valence-corrected chi connectivity index (χ4v) is 2.36. The number of aromatic nitrogens is 2. The number of thioether (sulfide) groups is 1. The van der Waals surface area contributed by atoms with E-state index in [0.29, 0.717) is 11.3 Å². The molecular formula is C14H15N3O3S. The molecule has 2 rings (SSSR count). The van der Waals surface area contributed by atoms with Crippen LogP contribution in [0.5, 0.6) is 0 Å². The zero-order chi connectivity index (χ0) is 15.2. The number of methoxy groups -OCH3 is 1. The topological polar surface area (TPSA) is 73.2 Å². The minimum absolute atomic E-state index is 0.131. The number of anilines is 1. The minimum Gasteiger partial charge on any atom is -0.465 e. The van der Waals surface area contributed by atoms with Crippen molar-refractivity contribution in [1.29, 1.82) is 0 Å². The molecule has 1 amide bonds. The van der Waals surface area contributed by atoms with Crippen molar-refractivity contribution in [2.45, 2.75) is 5.16 Å². The van der Waals surface area contributed by atoms with E-state index in [1.807, 2.05) is 17.8 Å². The van der Waals surface area contributed by atoms with Crippen molar-refractivity contribution in [3.05, 3.63) is 42.2 Å². The molecule has 21 heavy (non-hydrogen) atoms. The number of carbonyl (C=O) groups excluding carboxylic acids is 2. The largest absolute Gasteiger partial charge is 0.465 e. The van der Waals surface area contributed by atoms with Crippen molar-refractivity contribution in [3.63, 3.8) is 0 Å². The van der Waals surface area contributed by atoms with E-state index in [-0.39, 0.29) is 11.7 Å². The van der Waals surface area contributed by atoms with E-state index in [0.717, 1.165) is 5.16 Å². The van der Waals surface area contributed by atoms with Gasteiger partial charge >= 0.3 is 5.97 Å². The van der Waals surface area contributed by atoms with Gasteiger partial charge in [-0.3, -0.25) is 4.79 Å². The van der Waals surface area contributed by atoms with Crippen molar-refractivity contribution in [2.24, 2.45) is 7.05 Å². The number of nitrogens with one attached hydrogen (secondary N) is 1. The highest BCUT2D eigenvalue weighted by molar-refractivity contribution is 7.99. The molecule has 7 heteroatoms. The van der Waals surface area contributed by atoms with E-state index < -0.39 is 5.97 Å². The highest BCUT2D eigenvalue weighted by Crippen LogP contribution is 2.15. The molecule has 0 aliphatic carbocycles. The van der Waals surface area contributed by atoms with Crippen LogP contribution in [0.2, 0.25) is 0 Å². The van der Waals surface area contributed by atoms with E-state index in [1.54, 1.807) is 30.5 Å². The van der Waals surface area contributed by atoms with E-state index >= 15 is 0 Å². The lowest BCUT2D eigenvalue weighted by Crippen LogP contribution is -2.14. The van der Waals surface area contributed by atoms with Gasteiger partial charge in [-0.25, -0.2) is 9.78 Å². The van der Waals surface area contributed by atoms with Crippen LogP contribution >= 0.6 is 11.8 Å². The van der Waals surface area contributed by atoms with Crippen molar-refractivity contribution in [1.82, 2.24) is 9.55 Å². The summed E-state index contributed by atoms with van der Waals surface area (Å²) in [6, 6.07) is 6.53. The van der Waals surface area contributed by atoms with E-state index in [9.17, 15) is 9.59 Å². The molecule has 0 unspecified atom stereocenters. The van der Waals surface area contributed by atoms with Crippen molar-refractivity contribution >= 4 is 29.3 Å². The normalized spacial score (nSPS) is 10.2. The lowest BCUT2D eigenvalue weighted by molar-refractivity contribution is -0.113. The monoisotopic (exact) mass is 305 g/mol. The smallest absolute Gasteiger partial charge is 0.337 e. The molecule has 6 nitrogen and oxygen atoms in total. The van der Waals surface area contributed by atoms with Crippen molar-refractivity contribution in [2.75, 3.05) is 18.2 Å². The molecule has 0 bridgehead atoms. The maximum absolute atomic E-state index is 11.8. The molecule has 0 saturated heterocycles. The summed E-state index contributed by atoms with van der Waals surface area (Å²) in [6.07, 6.45) is 3.51. The Labute approximate surface area is 126 Å². The van der Waals surface area contributed by atoms with Crippen LogP contribution in [-0.4, -0.2) is 34.3 Å². The van der Waals surface area contributed by atoms with Crippen LogP contribution in [0.4, 0.5) is 5.69 Å². The van der Waals surface area contributed by atoms with Gasteiger partial charge in [0.1, 0.15) is 0 Å². The highest BCUT2D eigenvalue weighted by atomic mass is 32.2. The number of carbonyl (C=O) groups is 2. The Hall–Kier alpha value is -2.28. The standard InChI is InChI=1S/C14H15N3O3S/c1-17-8-7-15-14(17)21-9-12(18)16-11-5-3-10(4-6-11)13(19)20-2/h3-8H,9H2,1-2H3,(H,16,18). The summed E-state index contributed by atoms with van der Waals surface area (Å²) in [6.45, 7) is 0. The average molecular weight is 305 g/mol. The number of hydrogen-bond acceptors (Lipinski definition) is 5. The van der Waals surface area contributed by atoms with Gasteiger partial charge < -0.3 is 14.6 Å². The van der Waals surface area contributed by atoms with Crippen LogP contribution < -0.4 is 5.32 Å². The first-order chi connectivity index (χ1) is 10.1. The van der Waals surface area contributed by atoms with Crippen LogP contribution in [-0.2, 0) is 16.6 Å². The number of ether oxygens (including phenoxy) is 1. The summed E-state index contributed by atoms with van der Waals surface area (Å²) in [4.78, 5) is 27.3. The van der Waals surface area contributed by atoms with E-state index in [4.69, 9.17) is 0 Å². The summed E-state index contributed by atoms with van der Waals surface area (Å²) < 4.78 is 6.46. The van der Waals surface area contributed by atoms with Gasteiger partial charge in [0.05, 0.1) is 18.4 Å². The molecule has 2 aromatic rings. The summed E-state index contributed by atoms with van der Waals surface area (Å²) in [7, 11) is 3.20. The lowest BCUT2D eigenvalue weighted by Gasteiger charge is -2.06. The third-order valence-electron chi connectivity index (χ3n) is 2.70. The number of aryl methyl sites for hydroxylation is 1. The molecule has 0 aliphatic rings. The van der Waals surface area contributed by atoms with Gasteiger partial charge in [-0.1, -0.05) is 11.8 Å². The number of amides is 1. The number of imidazole rings is 1. The van der Waals surface area contributed by atoms with Crippen LogP contribution in [0.25, 0.3) is 0 Å². The number of esters is 1. The molecule has 1 aromatic heterocycles. The van der Waals surface area contributed by atoms with Crippen molar-refractivity contribution in [3.8, 4) is 0 Å². The van der Waals surface area contributed by atoms with Gasteiger partial charge in [-0.2, -0.15) is 0 Å². The predicted molar refractivity (Wildman–Crippen MR) is 80.3 cm³/mol. The fraction of sp³-hybridized carbons (Fsp3) is 0.214. The Morgan fingerprint density at radius 1 is 1.33 bits per heavy atom. The van der Waals surface area contributed by atoms with Gasteiger partial charge in [-0.05, 0) is 24.3 Å². The average Bonchev–Trinajstić information content (AvgIpc) is 2.90. The van der Waals surface area contributed by atoms with Crippen LogP contribution in [0.3, 0.4) is 0 Å². The number of nitrogens with zero attached hydrogens (tertiary/aromatic N) is 2. The SMILES string of the molecule is COC(=O)c1ccc(NC(=O)CSc2nccn2C)cc1. The molecular weight excluding hydrogens is 290 g/mol. The molecule has 110 valence electrons. The van der Waals surface area contributed by atoms with Crippen LogP contribution in [0.15, 0.2) is 41.8 Å². The summed E-state index contributed by atoms with van der Waals surface area (Å²) >= 11 is 1.36. The first-order valence-corrected chi connectivity index (χ1v) is 7.17. The Morgan fingerprint density at radius 3 is 2.62 bits per heavy atom. The Kier molecular flexibility index (Phi) is 4.99. The molecule has 0 atom stereocenters. The summed E-state index contributed by atoms with van der Waals surface area (Å²) in [5.41, 5.74) is 1.07. The zero-order valence-electron chi connectivity index (χ0n) is 11.7. The first-order valence-electron chi connectivity index (χ1n) is 6.18.